The fraction of sp³-hybridized carbons (Fsp3) is 0.412. The summed E-state index contributed by atoms with van der Waals surface area (Å²) in [7, 11) is -2.93. The molecule has 1 aromatic heterocycles. The molecular weight excluding hydrogens is 324 g/mol. The zero-order chi connectivity index (χ0) is 17.3. The molecule has 0 amide bonds. The van der Waals surface area contributed by atoms with E-state index >= 15 is 0 Å². The van der Waals surface area contributed by atoms with Crippen LogP contribution in [0.5, 0.6) is 0 Å². The molecule has 2 heterocycles. The van der Waals surface area contributed by atoms with Crippen molar-refractivity contribution in [2.45, 2.75) is 33.2 Å². The molecule has 1 aliphatic rings. The van der Waals surface area contributed by atoms with Gasteiger partial charge in [-0.25, -0.2) is 13.4 Å². The maximum Gasteiger partial charge on any atom is 0.225 e. The molecule has 6 nitrogen and oxygen atoms in total. The summed E-state index contributed by atoms with van der Waals surface area (Å²) in [6, 6.07) is 7.83. The molecule has 1 atom stereocenters. The summed E-state index contributed by atoms with van der Waals surface area (Å²) in [5, 5.41) is 6.47. The van der Waals surface area contributed by atoms with Crippen LogP contribution in [0.3, 0.4) is 0 Å². The lowest BCUT2D eigenvalue weighted by Gasteiger charge is -2.14. The normalized spacial score (nSPS) is 19.2. The minimum Gasteiger partial charge on any atom is -0.350 e. The van der Waals surface area contributed by atoms with Gasteiger partial charge in [-0.15, -0.1) is 0 Å². The second kappa shape index (κ2) is 6.39. The second-order valence-electron chi connectivity index (χ2n) is 6.33. The summed E-state index contributed by atoms with van der Waals surface area (Å²) in [5.41, 5.74) is 4.20. The molecule has 2 aromatic rings. The molecule has 0 radical (unpaired) electrons. The van der Waals surface area contributed by atoms with E-state index in [9.17, 15) is 8.42 Å². The lowest BCUT2D eigenvalue weighted by atomic mass is 10.1. The maximum atomic E-state index is 11.6. The van der Waals surface area contributed by atoms with Gasteiger partial charge in [0, 0.05) is 23.5 Å². The van der Waals surface area contributed by atoms with Gasteiger partial charge in [0.25, 0.3) is 0 Å². The Hall–Kier alpha value is -2.15. The first-order valence-corrected chi connectivity index (χ1v) is 9.80. The van der Waals surface area contributed by atoms with Gasteiger partial charge in [0.05, 0.1) is 11.5 Å². The number of sulfone groups is 1. The van der Waals surface area contributed by atoms with Crippen LogP contribution in [0.25, 0.3) is 0 Å². The molecule has 2 N–H and O–H groups in total. The van der Waals surface area contributed by atoms with Crippen LogP contribution in [-0.2, 0) is 9.84 Å². The van der Waals surface area contributed by atoms with Crippen LogP contribution in [0.2, 0.25) is 0 Å². The molecule has 1 unspecified atom stereocenters. The molecule has 1 aromatic carbocycles. The van der Waals surface area contributed by atoms with Gasteiger partial charge in [-0.1, -0.05) is 12.1 Å². The molecule has 128 valence electrons. The van der Waals surface area contributed by atoms with Gasteiger partial charge in [0.2, 0.25) is 5.95 Å². The topological polar surface area (TPSA) is 84.0 Å². The summed E-state index contributed by atoms with van der Waals surface area (Å²) in [6.45, 7) is 6.03. The summed E-state index contributed by atoms with van der Waals surface area (Å²) in [5.74, 6) is 1.53. The molecule has 24 heavy (non-hydrogen) atoms. The first-order chi connectivity index (χ1) is 11.3. The average molecular weight is 346 g/mol. The molecular formula is C17H22N4O2S. The van der Waals surface area contributed by atoms with Crippen molar-refractivity contribution in [3.63, 3.8) is 0 Å². The molecule has 3 rings (SSSR count). The van der Waals surface area contributed by atoms with E-state index in [0.717, 1.165) is 11.4 Å². The highest BCUT2D eigenvalue weighted by Gasteiger charge is 2.28. The van der Waals surface area contributed by atoms with Gasteiger partial charge < -0.3 is 10.6 Å². The van der Waals surface area contributed by atoms with E-state index < -0.39 is 9.84 Å². The van der Waals surface area contributed by atoms with E-state index in [0.29, 0.717) is 18.2 Å². The van der Waals surface area contributed by atoms with Crippen LogP contribution in [0.15, 0.2) is 24.3 Å². The fourth-order valence-corrected chi connectivity index (χ4v) is 4.49. The molecule has 7 heteroatoms. The summed E-state index contributed by atoms with van der Waals surface area (Å²) >= 11 is 0. The van der Waals surface area contributed by atoms with Crippen molar-refractivity contribution < 1.29 is 8.42 Å². The largest absolute Gasteiger partial charge is 0.350 e. The van der Waals surface area contributed by atoms with Crippen molar-refractivity contribution in [2.75, 3.05) is 22.1 Å². The number of nitrogens with one attached hydrogen (secondary N) is 2. The number of benzene rings is 1. The summed E-state index contributed by atoms with van der Waals surface area (Å²) < 4.78 is 23.2. The number of aromatic nitrogens is 2. The fourth-order valence-electron chi connectivity index (χ4n) is 2.81. The monoisotopic (exact) mass is 346 g/mol. The number of hydrogen-bond acceptors (Lipinski definition) is 6. The predicted molar refractivity (Wildman–Crippen MR) is 96.6 cm³/mol. The van der Waals surface area contributed by atoms with Crippen molar-refractivity contribution in [1.82, 2.24) is 9.97 Å². The third kappa shape index (κ3) is 3.84. The smallest absolute Gasteiger partial charge is 0.225 e. The maximum absolute atomic E-state index is 11.6. The highest BCUT2D eigenvalue weighted by atomic mass is 32.2. The Balaban J connectivity index is 1.80. The third-order valence-electron chi connectivity index (χ3n) is 4.29. The van der Waals surface area contributed by atoms with Gasteiger partial charge in [-0.3, -0.25) is 0 Å². The van der Waals surface area contributed by atoms with E-state index in [1.807, 2.05) is 25.1 Å². The van der Waals surface area contributed by atoms with E-state index in [1.165, 1.54) is 11.1 Å². The molecule has 0 aliphatic carbocycles. The number of anilines is 3. The molecule has 0 saturated carbocycles. The van der Waals surface area contributed by atoms with E-state index in [-0.39, 0.29) is 17.5 Å². The standard InChI is InChI=1S/C17H22N4O2S/c1-11-5-4-6-15(13(11)3)20-16-9-12(2)18-17(21-16)19-14-7-8-24(22,23)10-14/h4-6,9,14H,7-8,10H2,1-3H3,(H2,18,19,20,21). The zero-order valence-corrected chi connectivity index (χ0v) is 14.9. The lowest BCUT2D eigenvalue weighted by molar-refractivity contribution is 0.602. The molecule has 1 saturated heterocycles. The zero-order valence-electron chi connectivity index (χ0n) is 14.1. The Morgan fingerprint density at radius 3 is 2.67 bits per heavy atom. The number of nitrogens with zero attached hydrogens (tertiary/aromatic N) is 2. The van der Waals surface area contributed by atoms with Crippen molar-refractivity contribution in [2.24, 2.45) is 0 Å². The number of hydrogen-bond donors (Lipinski definition) is 2. The molecule has 0 spiro atoms. The van der Waals surface area contributed by atoms with Gasteiger partial charge in [-0.2, -0.15) is 4.98 Å². The van der Waals surface area contributed by atoms with E-state index in [1.54, 1.807) is 0 Å². The van der Waals surface area contributed by atoms with Crippen LogP contribution in [0, 0.1) is 20.8 Å². The average Bonchev–Trinajstić information content (AvgIpc) is 2.82. The summed E-state index contributed by atoms with van der Waals surface area (Å²) in [6.07, 6.45) is 0.597. The highest BCUT2D eigenvalue weighted by molar-refractivity contribution is 7.91. The van der Waals surface area contributed by atoms with E-state index in [2.05, 4.69) is 40.5 Å². The first kappa shape index (κ1) is 16.7. The molecule has 1 aliphatic heterocycles. The minimum atomic E-state index is -2.93. The van der Waals surface area contributed by atoms with Crippen LogP contribution >= 0.6 is 0 Å². The Kier molecular flexibility index (Phi) is 4.45. The summed E-state index contributed by atoms with van der Waals surface area (Å²) in [4.78, 5) is 8.85. The van der Waals surface area contributed by atoms with Gasteiger partial charge in [0.1, 0.15) is 5.82 Å². The van der Waals surface area contributed by atoms with Crippen LogP contribution < -0.4 is 10.6 Å². The predicted octanol–water partition coefficient (Wildman–Crippen LogP) is 2.74. The highest BCUT2D eigenvalue weighted by Crippen LogP contribution is 2.23. The van der Waals surface area contributed by atoms with Gasteiger partial charge >= 0.3 is 0 Å². The Morgan fingerprint density at radius 1 is 1.17 bits per heavy atom. The first-order valence-electron chi connectivity index (χ1n) is 7.98. The Bertz CT molecular complexity index is 865. The van der Waals surface area contributed by atoms with Crippen LogP contribution in [0.1, 0.15) is 23.2 Å². The minimum absolute atomic E-state index is 0.120. The van der Waals surface area contributed by atoms with Crippen LogP contribution in [0.4, 0.5) is 17.5 Å². The van der Waals surface area contributed by atoms with Crippen molar-refractivity contribution >= 4 is 27.3 Å². The third-order valence-corrected chi connectivity index (χ3v) is 6.06. The molecule has 0 bridgehead atoms. The van der Waals surface area contributed by atoms with Gasteiger partial charge in [-0.05, 0) is 44.4 Å². The SMILES string of the molecule is Cc1cc(Nc2cccc(C)c2C)nc(NC2CCS(=O)(=O)C2)n1. The number of rotatable bonds is 4. The Labute approximate surface area is 142 Å². The number of aryl methyl sites for hydroxylation is 2. The quantitative estimate of drug-likeness (QED) is 0.885. The van der Waals surface area contributed by atoms with Crippen LogP contribution in [-0.4, -0.2) is 35.9 Å². The molecule has 1 fully saturated rings. The van der Waals surface area contributed by atoms with E-state index in [4.69, 9.17) is 0 Å². The van der Waals surface area contributed by atoms with Crippen molar-refractivity contribution in [1.29, 1.82) is 0 Å². The van der Waals surface area contributed by atoms with Crippen molar-refractivity contribution in [3.8, 4) is 0 Å². The lowest BCUT2D eigenvalue weighted by Crippen LogP contribution is -2.22. The van der Waals surface area contributed by atoms with Gasteiger partial charge in [0.15, 0.2) is 9.84 Å². The van der Waals surface area contributed by atoms with Crippen molar-refractivity contribution in [3.05, 3.63) is 41.1 Å². The Morgan fingerprint density at radius 2 is 1.96 bits per heavy atom. The second-order valence-corrected chi connectivity index (χ2v) is 8.56.